The van der Waals surface area contributed by atoms with Crippen LogP contribution in [0.15, 0.2) is 36.4 Å². The van der Waals surface area contributed by atoms with Gasteiger partial charge in [-0.25, -0.2) is 13.2 Å². The van der Waals surface area contributed by atoms with E-state index in [1.807, 2.05) is 19.1 Å². The van der Waals surface area contributed by atoms with Crippen LogP contribution in [0, 0.1) is 24.4 Å². The van der Waals surface area contributed by atoms with Crippen molar-refractivity contribution >= 4 is 0 Å². The third-order valence-corrected chi connectivity index (χ3v) is 3.49. The Morgan fingerprint density at radius 2 is 1.81 bits per heavy atom. The van der Waals surface area contributed by atoms with Gasteiger partial charge in [-0.05, 0) is 18.6 Å². The van der Waals surface area contributed by atoms with Crippen molar-refractivity contribution in [3.8, 4) is 0 Å². The van der Waals surface area contributed by atoms with E-state index < -0.39 is 29.5 Å². The molecule has 0 saturated carbocycles. The van der Waals surface area contributed by atoms with E-state index in [1.165, 1.54) is 0 Å². The highest BCUT2D eigenvalue weighted by Gasteiger charge is 2.26. The number of aliphatic hydroxyl groups excluding tert-OH is 1. The molecule has 0 saturated heterocycles. The van der Waals surface area contributed by atoms with Crippen molar-refractivity contribution in [3.63, 3.8) is 0 Å². The molecule has 0 radical (unpaired) electrons. The summed E-state index contributed by atoms with van der Waals surface area (Å²) in [5.74, 6) is -4.87. The van der Waals surface area contributed by atoms with E-state index in [4.69, 9.17) is 5.73 Å². The molecule has 0 heterocycles. The lowest BCUT2D eigenvalue weighted by molar-refractivity contribution is 0.141. The maximum Gasteiger partial charge on any atom is 0.194 e. The minimum absolute atomic E-state index is 0.0447. The molecule has 2 atom stereocenters. The highest BCUT2D eigenvalue weighted by molar-refractivity contribution is 5.31. The predicted octanol–water partition coefficient (Wildman–Crippen LogP) is 3.19. The fourth-order valence-corrected chi connectivity index (χ4v) is 2.33. The van der Waals surface area contributed by atoms with Crippen LogP contribution in [0.5, 0.6) is 0 Å². The van der Waals surface area contributed by atoms with Gasteiger partial charge in [0.05, 0.1) is 6.10 Å². The molecule has 0 bridgehead atoms. The number of rotatable bonds is 4. The number of benzene rings is 2. The molecule has 0 spiro atoms. The standard InChI is InChI=1S/C16H16F3NO/c1-9-3-2-4-10(7-9)12(8-20)16(21)11-5-6-13(17)15(19)14(11)18/h2-7,12,16,21H,8,20H2,1H3. The van der Waals surface area contributed by atoms with Crippen LogP contribution in [0.25, 0.3) is 0 Å². The summed E-state index contributed by atoms with van der Waals surface area (Å²) < 4.78 is 40.0. The Hall–Kier alpha value is -1.85. The van der Waals surface area contributed by atoms with Gasteiger partial charge < -0.3 is 10.8 Å². The van der Waals surface area contributed by atoms with Crippen LogP contribution in [0.1, 0.15) is 28.7 Å². The topological polar surface area (TPSA) is 46.2 Å². The molecule has 112 valence electrons. The molecule has 0 aliphatic heterocycles. The van der Waals surface area contributed by atoms with E-state index in [1.54, 1.807) is 12.1 Å². The largest absolute Gasteiger partial charge is 0.388 e. The molecule has 2 aromatic carbocycles. The first-order valence-electron chi connectivity index (χ1n) is 6.53. The van der Waals surface area contributed by atoms with Crippen molar-refractivity contribution in [3.05, 3.63) is 70.5 Å². The van der Waals surface area contributed by atoms with Gasteiger partial charge in [0.25, 0.3) is 0 Å². The fraction of sp³-hybridized carbons (Fsp3) is 0.250. The Bertz CT molecular complexity index is 645. The summed E-state index contributed by atoms with van der Waals surface area (Å²) in [4.78, 5) is 0. The summed E-state index contributed by atoms with van der Waals surface area (Å²) in [6, 6.07) is 9.07. The number of hydrogen-bond donors (Lipinski definition) is 2. The molecule has 0 aliphatic rings. The molecule has 0 aliphatic carbocycles. The van der Waals surface area contributed by atoms with Crippen molar-refractivity contribution in [2.45, 2.75) is 18.9 Å². The molecule has 2 nitrogen and oxygen atoms in total. The van der Waals surface area contributed by atoms with Crippen molar-refractivity contribution in [1.82, 2.24) is 0 Å². The van der Waals surface area contributed by atoms with Crippen molar-refractivity contribution < 1.29 is 18.3 Å². The number of halogens is 3. The number of hydrogen-bond acceptors (Lipinski definition) is 2. The first kappa shape index (κ1) is 15.5. The van der Waals surface area contributed by atoms with Gasteiger partial charge in [-0.3, -0.25) is 0 Å². The van der Waals surface area contributed by atoms with Crippen molar-refractivity contribution in [2.75, 3.05) is 6.54 Å². The lowest BCUT2D eigenvalue weighted by Crippen LogP contribution is -2.21. The van der Waals surface area contributed by atoms with Gasteiger partial charge in [-0.1, -0.05) is 35.9 Å². The van der Waals surface area contributed by atoms with Crippen LogP contribution in [-0.4, -0.2) is 11.7 Å². The summed E-state index contributed by atoms with van der Waals surface area (Å²) in [6.07, 6.45) is -1.35. The molecule has 21 heavy (non-hydrogen) atoms. The Morgan fingerprint density at radius 1 is 1.10 bits per heavy atom. The molecule has 5 heteroatoms. The fourth-order valence-electron chi connectivity index (χ4n) is 2.33. The second kappa shape index (κ2) is 6.28. The van der Waals surface area contributed by atoms with E-state index in [0.717, 1.165) is 17.7 Å². The Labute approximate surface area is 121 Å². The maximum atomic E-state index is 13.8. The van der Waals surface area contributed by atoms with Gasteiger partial charge in [-0.15, -0.1) is 0 Å². The van der Waals surface area contributed by atoms with Crippen LogP contribution >= 0.6 is 0 Å². The molecular weight excluding hydrogens is 279 g/mol. The van der Waals surface area contributed by atoms with Crippen LogP contribution < -0.4 is 5.73 Å². The summed E-state index contributed by atoms with van der Waals surface area (Å²) in [5.41, 5.74) is 7.04. The average molecular weight is 295 g/mol. The van der Waals surface area contributed by atoms with Crippen LogP contribution in [0.4, 0.5) is 13.2 Å². The zero-order valence-corrected chi connectivity index (χ0v) is 11.5. The molecule has 0 amide bonds. The molecule has 0 fully saturated rings. The SMILES string of the molecule is Cc1cccc(C(CN)C(O)c2ccc(F)c(F)c2F)c1. The first-order chi connectivity index (χ1) is 9.95. The van der Waals surface area contributed by atoms with Gasteiger partial charge in [0.2, 0.25) is 0 Å². The molecule has 2 rings (SSSR count). The van der Waals surface area contributed by atoms with E-state index in [9.17, 15) is 18.3 Å². The average Bonchev–Trinajstić information content (AvgIpc) is 2.45. The lowest BCUT2D eigenvalue weighted by Gasteiger charge is -2.23. The molecule has 3 N–H and O–H groups in total. The van der Waals surface area contributed by atoms with Crippen LogP contribution in [0.3, 0.4) is 0 Å². The predicted molar refractivity (Wildman–Crippen MR) is 74.3 cm³/mol. The van der Waals surface area contributed by atoms with Crippen LogP contribution in [0.2, 0.25) is 0 Å². The summed E-state index contributed by atoms with van der Waals surface area (Å²) in [7, 11) is 0. The van der Waals surface area contributed by atoms with E-state index in [2.05, 4.69) is 0 Å². The highest BCUT2D eigenvalue weighted by atomic mass is 19.2. The maximum absolute atomic E-state index is 13.8. The second-order valence-corrected chi connectivity index (χ2v) is 4.97. The minimum atomic E-state index is -1.59. The third kappa shape index (κ3) is 3.09. The van der Waals surface area contributed by atoms with Gasteiger partial charge in [-0.2, -0.15) is 0 Å². The lowest BCUT2D eigenvalue weighted by atomic mass is 9.88. The molecular formula is C16H16F3NO. The molecule has 0 aromatic heterocycles. The summed E-state index contributed by atoms with van der Waals surface area (Å²) >= 11 is 0. The van der Waals surface area contributed by atoms with E-state index in [0.29, 0.717) is 5.56 Å². The van der Waals surface area contributed by atoms with Crippen molar-refractivity contribution in [1.29, 1.82) is 0 Å². The normalized spacial score (nSPS) is 14.0. The zero-order valence-electron chi connectivity index (χ0n) is 11.5. The van der Waals surface area contributed by atoms with E-state index >= 15 is 0 Å². The van der Waals surface area contributed by atoms with Gasteiger partial charge in [0.15, 0.2) is 17.5 Å². The number of nitrogens with two attached hydrogens (primary N) is 1. The van der Waals surface area contributed by atoms with Gasteiger partial charge in [0.1, 0.15) is 0 Å². The molecule has 2 aromatic rings. The Morgan fingerprint density at radius 3 is 2.43 bits per heavy atom. The Kier molecular flexibility index (Phi) is 4.65. The minimum Gasteiger partial charge on any atom is -0.388 e. The number of aliphatic hydroxyl groups is 1. The van der Waals surface area contributed by atoms with Crippen LogP contribution in [-0.2, 0) is 0 Å². The zero-order chi connectivity index (χ0) is 15.6. The smallest absolute Gasteiger partial charge is 0.194 e. The number of aryl methyl sites for hydroxylation is 1. The second-order valence-electron chi connectivity index (χ2n) is 4.97. The molecule has 2 unspecified atom stereocenters. The first-order valence-corrected chi connectivity index (χ1v) is 6.53. The van der Waals surface area contributed by atoms with Gasteiger partial charge >= 0.3 is 0 Å². The highest BCUT2D eigenvalue weighted by Crippen LogP contribution is 2.33. The summed E-state index contributed by atoms with van der Waals surface area (Å²) in [6.45, 7) is 1.92. The monoisotopic (exact) mass is 295 g/mol. The van der Waals surface area contributed by atoms with E-state index in [-0.39, 0.29) is 12.1 Å². The van der Waals surface area contributed by atoms with Crippen molar-refractivity contribution in [2.24, 2.45) is 5.73 Å². The quantitative estimate of drug-likeness (QED) is 0.851. The Balaban J connectivity index is 2.41. The van der Waals surface area contributed by atoms with Gasteiger partial charge in [0, 0.05) is 18.0 Å². The summed E-state index contributed by atoms with van der Waals surface area (Å²) in [5, 5.41) is 10.3. The third-order valence-electron chi connectivity index (χ3n) is 3.49.